The number of rotatable bonds is 3. The monoisotopic (exact) mass is 212 g/mol. The number of hydrogen-bond acceptors (Lipinski definition) is 2. The molecular weight excluding hydrogens is 200 g/mol. The summed E-state index contributed by atoms with van der Waals surface area (Å²) in [5.41, 5.74) is 1.43. The molecule has 1 heterocycles. The maximum absolute atomic E-state index is 9.98. The molecule has 0 aliphatic carbocycles. The van der Waals surface area contributed by atoms with E-state index in [1.165, 1.54) is 0 Å². The van der Waals surface area contributed by atoms with E-state index < -0.39 is 6.10 Å². The van der Waals surface area contributed by atoms with Crippen molar-refractivity contribution in [1.82, 2.24) is 4.57 Å². The van der Waals surface area contributed by atoms with E-state index in [-0.39, 0.29) is 0 Å². The van der Waals surface area contributed by atoms with Gasteiger partial charge in [0.15, 0.2) is 0 Å². The summed E-state index contributed by atoms with van der Waals surface area (Å²) in [5.74, 6) is 0. The van der Waals surface area contributed by atoms with Crippen LogP contribution in [-0.2, 0) is 6.54 Å². The smallest absolute Gasteiger partial charge is 0.120 e. The maximum atomic E-state index is 9.98. The fraction of sp³-hybridized carbons (Fsp3) is 0.154. The molecule has 0 amide bonds. The standard InChI is InChI=1S/C13H12N2O/c14-9-12-7-4-8-15(12)10-13(16)11-5-2-1-3-6-11/h1-8,13,16H,10H2. The van der Waals surface area contributed by atoms with E-state index in [4.69, 9.17) is 5.26 Å². The molecule has 2 aromatic rings. The highest BCUT2D eigenvalue weighted by Crippen LogP contribution is 2.15. The molecule has 1 N–H and O–H groups in total. The fourth-order valence-electron chi connectivity index (χ4n) is 1.64. The average molecular weight is 212 g/mol. The lowest BCUT2D eigenvalue weighted by Gasteiger charge is -2.12. The largest absolute Gasteiger partial charge is 0.387 e. The molecule has 0 aliphatic heterocycles. The Bertz CT molecular complexity index is 496. The Morgan fingerprint density at radius 3 is 2.62 bits per heavy atom. The van der Waals surface area contributed by atoms with E-state index in [0.29, 0.717) is 12.2 Å². The fourth-order valence-corrected chi connectivity index (χ4v) is 1.64. The zero-order chi connectivity index (χ0) is 11.4. The summed E-state index contributed by atoms with van der Waals surface area (Å²) in [5, 5.41) is 18.8. The van der Waals surface area contributed by atoms with Crippen LogP contribution < -0.4 is 0 Å². The lowest BCUT2D eigenvalue weighted by atomic mass is 10.1. The van der Waals surface area contributed by atoms with Gasteiger partial charge in [-0.3, -0.25) is 0 Å². The molecule has 0 fully saturated rings. The quantitative estimate of drug-likeness (QED) is 0.846. The predicted octanol–water partition coefficient (Wildman–Crippen LogP) is 2.09. The van der Waals surface area contributed by atoms with Gasteiger partial charge in [-0.1, -0.05) is 30.3 Å². The van der Waals surface area contributed by atoms with Gasteiger partial charge in [0.2, 0.25) is 0 Å². The minimum absolute atomic E-state index is 0.403. The third-order valence-corrected chi connectivity index (χ3v) is 2.50. The van der Waals surface area contributed by atoms with Crippen LogP contribution in [0.1, 0.15) is 17.4 Å². The lowest BCUT2D eigenvalue weighted by Crippen LogP contribution is -2.09. The highest BCUT2D eigenvalue weighted by atomic mass is 16.3. The minimum atomic E-state index is -0.583. The molecule has 0 spiro atoms. The summed E-state index contributed by atoms with van der Waals surface area (Å²) in [6, 6.07) is 15.1. The molecule has 80 valence electrons. The van der Waals surface area contributed by atoms with E-state index in [2.05, 4.69) is 6.07 Å². The normalized spacial score (nSPS) is 12.0. The number of hydrogen-bond donors (Lipinski definition) is 1. The van der Waals surface area contributed by atoms with Crippen LogP contribution in [0.3, 0.4) is 0 Å². The Balaban J connectivity index is 2.15. The van der Waals surface area contributed by atoms with Gasteiger partial charge in [0.25, 0.3) is 0 Å². The van der Waals surface area contributed by atoms with Crippen LogP contribution in [0.2, 0.25) is 0 Å². The van der Waals surface area contributed by atoms with Gasteiger partial charge in [0, 0.05) is 6.20 Å². The first-order chi connectivity index (χ1) is 7.81. The van der Waals surface area contributed by atoms with Crippen LogP contribution in [0.15, 0.2) is 48.7 Å². The summed E-state index contributed by atoms with van der Waals surface area (Å²) < 4.78 is 1.75. The summed E-state index contributed by atoms with van der Waals surface area (Å²) >= 11 is 0. The molecule has 0 radical (unpaired) electrons. The van der Waals surface area contributed by atoms with Gasteiger partial charge in [0.1, 0.15) is 11.8 Å². The van der Waals surface area contributed by atoms with Crippen LogP contribution in [-0.4, -0.2) is 9.67 Å². The topological polar surface area (TPSA) is 49.0 Å². The first-order valence-electron chi connectivity index (χ1n) is 5.09. The second kappa shape index (κ2) is 4.65. The first kappa shape index (κ1) is 10.5. The molecule has 1 atom stereocenters. The van der Waals surface area contributed by atoms with Crippen LogP contribution in [0, 0.1) is 11.3 Å². The molecule has 2 rings (SSSR count). The van der Waals surface area contributed by atoms with Crippen molar-refractivity contribution in [3.63, 3.8) is 0 Å². The highest BCUT2D eigenvalue weighted by Gasteiger charge is 2.09. The van der Waals surface area contributed by atoms with Crippen LogP contribution in [0.4, 0.5) is 0 Å². The van der Waals surface area contributed by atoms with E-state index in [1.807, 2.05) is 30.3 Å². The maximum Gasteiger partial charge on any atom is 0.120 e. The molecule has 1 aromatic heterocycles. The molecule has 1 aromatic carbocycles. The number of benzene rings is 1. The van der Waals surface area contributed by atoms with E-state index in [9.17, 15) is 5.11 Å². The van der Waals surface area contributed by atoms with Crippen molar-refractivity contribution in [2.24, 2.45) is 0 Å². The molecule has 16 heavy (non-hydrogen) atoms. The Morgan fingerprint density at radius 2 is 1.94 bits per heavy atom. The van der Waals surface area contributed by atoms with Gasteiger partial charge in [-0.25, -0.2) is 0 Å². The number of nitriles is 1. The van der Waals surface area contributed by atoms with Gasteiger partial charge >= 0.3 is 0 Å². The number of aliphatic hydroxyl groups is 1. The summed E-state index contributed by atoms with van der Waals surface area (Å²) in [6.45, 7) is 0.403. The third-order valence-electron chi connectivity index (χ3n) is 2.50. The zero-order valence-electron chi connectivity index (χ0n) is 8.74. The van der Waals surface area contributed by atoms with Crippen LogP contribution in [0.25, 0.3) is 0 Å². The molecule has 1 unspecified atom stereocenters. The average Bonchev–Trinajstić information content (AvgIpc) is 2.77. The van der Waals surface area contributed by atoms with Gasteiger partial charge in [-0.05, 0) is 17.7 Å². The number of nitrogens with zero attached hydrogens (tertiary/aromatic N) is 2. The van der Waals surface area contributed by atoms with Crippen molar-refractivity contribution in [2.75, 3.05) is 0 Å². The zero-order valence-corrected chi connectivity index (χ0v) is 8.74. The molecule has 0 saturated heterocycles. The van der Waals surface area contributed by atoms with Crippen molar-refractivity contribution < 1.29 is 5.11 Å². The van der Waals surface area contributed by atoms with Crippen molar-refractivity contribution in [1.29, 1.82) is 5.26 Å². The summed E-state index contributed by atoms with van der Waals surface area (Å²) in [6.07, 6.45) is 1.21. The molecule has 3 nitrogen and oxygen atoms in total. The number of aliphatic hydroxyl groups excluding tert-OH is 1. The van der Waals surface area contributed by atoms with Crippen molar-refractivity contribution >= 4 is 0 Å². The van der Waals surface area contributed by atoms with Crippen LogP contribution in [0.5, 0.6) is 0 Å². The molecule has 0 saturated carbocycles. The van der Waals surface area contributed by atoms with Gasteiger partial charge in [-0.15, -0.1) is 0 Å². The van der Waals surface area contributed by atoms with Crippen molar-refractivity contribution in [3.05, 3.63) is 59.9 Å². The number of aromatic nitrogens is 1. The van der Waals surface area contributed by atoms with Gasteiger partial charge < -0.3 is 9.67 Å². The Kier molecular flexibility index (Phi) is 3.04. The molecular formula is C13H12N2O. The second-order valence-corrected chi connectivity index (χ2v) is 3.58. The van der Waals surface area contributed by atoms with Gasteiger partial charge in [-0.2, -0.15) is 5.26 Å². The minimum Gasteiger partial charge on any atom is -0.387 e. The molecule has 0 bridgehead atoms. The Hall–Kier alpha value is -2.05. The van der Waals surface area contributed by atoms with Gasteiger partial charge in [0.05, 0.1) is 12.6 Å². The first-order valence-corrected chi connectivity index (χ1v) is 5.09. The van der Waals surface area contributed by atoms with E-state index in [0.717, 1.165) is 5.56 Å². The molecule has 0 aliphatic rings. The SMILES string of the molecule is N#Cc1cccn1CC(O)c1ccccc1. The van der Waals surface area contributed by atoms with Crippen LogP contribution >= 0.6 is 0 Å². The summed E-state index contributed by atoms with van der Waals surface area (Å²) in [7, 11) is 0. The lowest BCUT2D eigenvalue weighted by molar-refractivity contribution is 0.156. The third kappa shape index (κ3) is 2.13. The predicted molar refractivity (Wildman–Crippen MR) is 60.5 cm³/mol. The highest BCUT2D eigenvalue weighted by molar-refractivity contribution is 5.23. The van der Waals surface area contributed by atoms with E-state index >= 15 is 0 Å². The summed E-state index contributed by atoms with van der Waals surface area (Å²) in [4.78, 5) is 0. The van der Waals surface area contributed by atoms with E-state index in [1.54, 1.807) is 22.9 Å². The Morgan fingerprint density at radius 1 is 1.19 bits per heavy atom. The van der Waals surface area contributed by atoms with Crippen molar-refractivity contribution in [2.45, 2.75) is 12.6 Å². The van der Waals surface area contributed by atoms with Crippen molar-refractivity contribution in [3.8, 4) is 6.07 Å². The Labute approximate surface area is 94.2 Å². The molecule has 3 heteroatoms. The second-order valence-electron chi connectivity index (χ2n) is 3.58.